The average molecular weight is 422 g/mol. The van der Waals surface area contributed by atoms with Crippen molar-refractivity contribution in [3.8, 4) is 0 Å². The van der Waals surface area contributed by atoms with E-state index in [1.165, 1.54) is 9.71 Å². The van der Waals surface area contributed by atoms with Gasteiger partial charge in [-0.05, 0) is 36.7 Å². The molecule has 1 amide bonds. The third-order valence-electron chi connectivity index (χ3n) is 4.81. The molecular weight excluding hydrogens is 398 g/mol. The lowest BCUT2D eigenvalue weighted by Crippen LogP contribution is -2.42. The van der Waals surface area contributed by atoms with Crippen LogP contribution in [0, 0.1) is 10.7 Å². The van der Waals surface area contributed by atoms with Crippen LogP contribution in [0.15, 0.2) is 35.7 Å². The third-order valence-corrected chi connectivity index (χ3v) is 6.74. The summed E-state index contributed by atoms with van der Waals surface area (Å²) in [6, 6.07) is 9.28. The van der Waals surface area contributed by atoms with Crippen molar-refractivity contribution < 1.29 is 13.2 Å². The maximum atomic E-state index is 12.5. The van der Waals surface area contributed by atoms with Crippen molar-refractivity contribution in [3.05, 3.63) is 51.9 Å². The Hall–Kier alpha value is -2.30. The lowest BCUT2D eigenvalue weighted by Gasteiger charge is -2.29. The van der Waals surface area contributed by atoms with Crippen molar-refractivity contribution in [2.75, 3.05) is 13.1 Å². The van der Waals surface area contributed by atoms with Crippen LogP contribution >= 0.6 is 12.2 Å². The largest absolute Gasteiger partial charge is 0.349 e. The molecule has 0 atom stereocenters. The van der Waals surface area contributed by atoms with Crippen molar-refractivity contribution in [1.82, 2.24) is 24.4 Å². The van der Waals surface area contributed by atoms with Crippen LogP contribution in [0.2, 0.25) is 0 Å². The van der Waals surface area contributed by atoms with Gasteiger partial charge in [-0.25, -0.2) is 8.42 Å². The fourth-order valence-corrected chi connectivity index (χ4v) is 4.41. The van der Waals surface area contributed by atoms with E-state index in [1.54, 1.807) is 17.7 Å². The molecule has 2 heterocycles. The number of aromatic nitrogens is 3. The molecule has 2 aromatic rings. The molecule has 1 saturated heterocycles. The number of benzene rings is 1. The molecule has 1 aliphatic heterocycles. The summed E-state index contributed by atoms with van der Waals surface area (Å²) < 4.78 is 28.6. The zero-order valence-electron chi connectivity index (χ0n) is 15.5. The summed E-state index contributed by atoms with van der Waals surface area (Å²) >= 11 is 5.04. The number of aromatic amines is 1. The molecule has 1 aromatic heterocycles. The van der Waals surface area contributed by atoms with Crippen LogP contribution in [0.25, 0.3) is 6.08 Å². The number of piperidine rings is 1. The maximum Gasteiger partial charge on any atom is 0.236 e. The highest BCUT2D eigenvalue weighted by Gasteiger charge is 2.29. The smallest absolute Gasteiger partial charge is 0.236 e. The summed E-state index contributed by atoms with van der Waals surface area (Å²) in [5, 5.41) is 10.8. The van der Waals surface area contributed by atoms with E-state index in [1.807, 2.05) is 30.3 Å². The van der Waals surface area contributed by atoms with E-state index in [0.717, 1.165) is 5.56 Å². The second-order valence-corrected chi connectivity index (χ2v) is 8.86. The molecule has 0 unspecified atom stereocenters. The zero-order valence-corrected chi connectivity index (χ0v) is 17.2. The number of sulfonamides is 1. The summed E-state index contributed by atoms with van der Waals surface area (Å²) in [5.74, 6) is 0.340. The van der Waals surface area contributed by atoms with E-state index in [2.05, 4.69) is 15.5 Å². The van der Waals surface area contributed by atoms with E-state index in [9.17, 15) is 13.2 Å². The Bertz CT molecular complexity index is 1000. The van der Waals surface area contributed by atoms with Crippen LogP contribution in [-0.2, 0) is 28.4 Å². The lowest BCUT2D eigenvalue weighted by atomic mass is 9.97. The number of H-pyrrole nitrogens is 1. The van der Waals surface area contributed by atoms with Gasteiger partial charge in [-0.3, -0.25) is 9.89 Å². The number of carbonyl (C=O) groups excluding carboxylic acids is 1. The molecule has 1 aromatic carbocycles. The number of hydrogen-bond donors (Lipinski definition) is 2. The quantitative estimate of drug-likeness (QED) is 0.693. The van der Waals surface area contributed by atoms with Gasteiger partial charge in [0.2, 0.25) is 15.9 Å². The molecule has 150 valence electrons. The molecule has 0 saturated carbocycles. The van der Waals surface area contributed by atoms with Crippen LogP contribution in [0.4, 0.5) is 0 Å². The van der Waals surface area contributed by atoms with Gasteiger partial charge in [-0.15, -0.1) is 0 Å². The molecule has 10 heteroatoms. The Morgan fingerprint density at radius 1 is 1.32 bits per heavy atom. The molecule has 0 bridgehead atoms. The van der Waals surface area contributed by atoms with Gasteiger partial charge in [0.15, 0.2) is 10.6 Å². The first kappa shape index (κ1) is 20.4. The Morgan fingerprint density at radius 3 is 2.61 bits per heavy atom. The third kappa shape index (κ3) is 4.94. The highest BCUT2D eigenvalue weighted by Crippen LogP contribution is 2.21. The highest BCUT2D eigenvalue weighted by molar-refractivity contribution is 7.92. The standard InChI is InChI=1S/C18H23N5O3S2/c1-22-16(20-21-18(22)27)13-19-17(24)15-7-10-23(11-8-15)28(25,26)12-9-14-5-3-2-4-6-14/h2-6,9,12,15H,7-8,10-11,13H2,1H3,(H,19,24)(H,21,27)/b12-9+. The monoisotopic (exact) mass is 421 g/mol. The predicted octanol–water partition coefficient (Wildman–Crippen LogP) is 1.81. The summed E-state index contributed by atoms with van der Waals surface area (Å²) in [5.41, 5.74) is 0.828. The van der Waals surface area contributed by atoms with Gasteiger partial charge in [0, 0.05) is 31.5 Å². The molecule has 28 heavy (non-hydrogen) atoms. The minimum absolute atomic E-state index is 0.0919. The number of rotatable bonds is 6. The number of amides is 1. The zero-order chi connectivity index (χ0) is 20.1. The van der Waals surface area contributed by atoms with Crippen molar-refractivity contribution in [2.24, 2.45) is 13.0 Å². The van der Waals surface area contributed by atoms with Gasteiger partial charge >= 0.3 is 0 Å². The van der Waals surface area contributed by atoms with Crippen LogP contribution in [0.5, 0.6) is 0 Å². The lowest BCUT2D eigenvalue weighted by molar-refractivity contribution is -0.126. The van der Waals surface area contributed by atoms with E-state index in [-0.39, 0.29) is 18.4 Å². The van der Waals surface area contributed by atoms with Crippen molar-refractivity contribution in [3.63, 3.8) is 0 Å². The minimum atomic E-state index is -3.50. The molecule has 0 spiro atoms. The average Bonchev–Trinajstić information content (AvgIpc) is 3.03. The second-order valence-electron chi connectivity index (χ2n) is 6.65. The highest BCUT2D eigenvalue weighted by atomic mass is 32.2. The second kappa shape index (κ2) is 8.80. The number of nitrogens with zero attached hydrogens (tertiary/aromatic N) is 3. The van der Waals surface area contributed by atoms with Crippen LogP contribution < -0.4 is 5.32 Å². The first-order chi connectivity index (χ1) is 13.4. The topological polar surface area (TPSA) is 100 Å². The molecule has 1 aliphatic rings. The SMILES string of the molecule is Cn1c(CNC(=O)C2CCN(S(=O)(=O)/C=C/c3ccccc3)CC2)n[nH]c1=S. The van der Waals surface area contributed by atoms with Gasteiger partial charge in [0.1, 0.15) is 0 Å². The van der Waals surface area contributed by atoms with E-state index in [4.69, 9.17) is 12.2 Å². The summed E-state index contributed by atoms with van der Waals surface area (Å²) in [4.78, 5) is 12.4. The van der Waals surface area contributed by atoms with E-state index < -0.39 is 10.0 Å². The number of carbonyl (C=O) groups is 1. The molecule has 1 fully saturated rings. The van der Waals surface area contributed by atoms with Gasteiger partial charge in [0.25, 0.3) is 0 Å². The molecule has 2 N–H and O–H groups in total. The number of hydrogen-bond acceptors (Lipinski definition) is 5. The van der Waals surface area contributed by atoms with Crippen LogP contribution in [0.1, 0.15) is 24.2 Å². The van der Waals surface area contributed by atoms with Gasteiger partial charge < -0.3 is 9.88 Å². The Morgan fingerprint density at radius 2 is 2.00 bits per heavy atom. The fraction of sp³-hybridized carbons (Fsp3) is 0.389. The van der Waals surface area contributed by atoms with Gasteiger partial charge in [-0.2, -0.15) is 9.40 Å². The van der Waals surface area contributed by atoms with Crippen molar-refractivity contribution in [2.45, 2.75) is 19.4 Å². The Labute approximate surface area is 169 Å². The molecule has 0 radical (unpaired) electrons. The Balaban J connectivity index is 1.52. The molecule has 0 aliphatic carbocycles. The Kier molecular flexibility index (Phi) is 6.42. The normalized spacial score (nSPS) is 16.5. The number of nitrogens with one attached hydrogen (secondary N) is 2. The first-order valence-electron chi connectivity index (χ1n) is 8.98. The summed E-state index contributed by atoms with van der Waals surface area (Å²) in [6.07, 6.45) is 2.57. The molecule has 8 nitrogen and oxygen atoms in total. The van der Waals surface area contributed by atoms with E-state index >= 15 is 0 Å². The predicted molar refractivity (Wildman–Crippen MR) is 109 cm³/mol. The molecular formula is C18H23N5O3S2. The fourth-order valence-electron chi connectivity index (χ4n) is 3.04. The first-order valence-corrected chi connectivity index (χ1v) is 10.9. The summed E-state index contributed by atoms with van der Waals surface area (Å²) in [7, 11) is -1.72. The van der Waals surface area contributed by atoms with Gasteiger partial charge in [0.05, 0.1) is 6.54 Å². The van der Waals surface area contributed by atoms with Crippen molar-refractivity contribution in [1.29, 1.82) is 0 Å². The van der Waals surface area contributed by atoms with Gasteiger partial charge in [-0.1, -0.05) is 30.3 Å². The molecule has 3 rings (SSSR count). The maximum absolute atomic E-state index is 12.5. The van der Waals surface area contributed by atoms with Crippen LogP contribution in [0.3, 0.4) is 0 Å². The minimum Gasteiger partial charge on any atom is -0.349 e. The van der Waals surface area contributed by atoms with Crippen molar-refractivity contribution >= 4 is 34.2 Å². The van der Waals surface area contributed by atoms with Crippen LogP contribution in [-0.4, -0.2) is 46.5 Å². The van der Waals surface area contributed by atoms with E-state index in [0.29, 0.717) is 36.5 Å². The summed E-state index contributed by atoms with van der Waals surface area (Å²) in [6.45, 7) is 0.929.